The van der Waals surface area contributed by atoms with Gasteiger partial charge >= 0.3 is 0 Å². The van der Waals surface area contributed by atoms with Gasteiger partial charge in [-0.2, -0.15) is 0 Å². The lowest BCUT2D eigenvalue weighted by molar-refractivity contribution is 0.217. The van der Waals surface area contributed by atoms with E-state index in [1.54, 1.807) is 11.3 Å². The van der Waals surface area contributed by atoms with Gasteiger partial charge in [-0.1, -0.05) is 72.8 Å². The third-order valence-electron chi connectivity index (χ3n) is 9.75. The van der Waals surface area contributed by atoms with Gasteiger partial charge in [0.25, 0.3) is 0 Å². The van der Waals surface area contributed by atoms with E-state index in [9.17, 15) is 20.4 Å². The van der Waals surface area contributed by atoms with E-state index in [0.29, 0.717) is 25.7 Å². The Morgan fingerprint density at radius 3 is 1.25 bits per heavy atom. The average molecular weight is 765 g/mol. The summed E-state index contributed by atoms with van der Waals surface area (Å²) in [5.74, 6) is 9.57. The number of rotatable bonds is 28. The SMILES string of the molecule is C#CC(O)CCCCCN(CCCCCC(O)C#C)c1ccc(-c2nnc(-c3cccc(N(CCCCCC(O)C#C)CCCCCC(O)C#C)c3)s2)cc1. The summed E-state index contributed by atoms with van der Waals surface area (Å²) in [5.41, 5.74) is 4.31. The summed E-state index contributed by atoms with van der Waals surface area (Å²) < 4.78 is 0. The number of nitrogens with zero attached hydrogens (tertiary/aromatic N) is 4. The molecule has 0 radical (unpaired) electrons. The number of aromatic nitrogens is 2. The van der Waals surface area contributed by atoms with Crippen molar-refractivity contribution in [3.8, 4) is 70.5 Å². The maximum absolute atomic E-state index is 9.73. The van der Waals surface area contributed by atoms with Gasteiger partial charge in [-0.05, 0) is 113 Å². The zero-order valence-corrected chi connectivity index (χ0v) is 33.2. The standard InChI is InChI=1S/C46H60N4O4S/c1-5-41(51)24-13-9-17-32-49(33-18-10-14-25-42(52)6-2)39-30-28-37(29-31-39)45-47-48-46(55-45)38-22-21-23-40(36-38)50(34-19-11-15-26-43(53)7-3)35-20-12-16-27-44(54)8-4/h1-4,21-23,28-31,36,41-44,51-54H,9-20,24-27,32-35H2. The van der Waals surface area contributed by atoms with Crippen molar-refractivity contribution in [1.82, 2.24) is 10.2 Å². The Hall–Kier alpha value is -4.32. The van der Waals surface area contributed by atoms with Crippen molar-refractivity contribution >= 4 is 22.7 Å². The highest BCUT2D eigenvalue weighted by Gasteiger charge is 2.14. The molecule has 55 heavy (non-hydrogen) atoms. The molecule has 0 fully saturated rings. The van der Waals surface area contributed by atoms with Crippen LogP contribution < -0.4 is 9.80 Å². The van der Waals surface area contributed by atoms with Crippen molar-refractivity contribution < 1.29 is 20.4 Å². The number of aliphatic hydroxyl groups excluding tert-OH is 4. The minimum Gasteiger partial charge on any atom is -0.380 e. The van der Waals surface area contributed by atoms with Crippen LogP contribution in [0, 0.1) is 49.4 Å². The summed E-state index contributed by atoms with van der Waals surface area (Å²) in [7, 11) is 0. The van der Waals surface area contributed by atoms with Gasteiger partial charge in [0.05, 0.1) is 0 Å². The van der Waals surface area contributed by atoms with Crippen LogP contribution in [0.25, 0.3) is 21.1 Å². The first-order chi connectivity index (χ1) is 26.8. The molecule has 0 aliphatic carbocycles. The molecule has 0 aliphatic rings. The minimum atomic E-state index is -0.681. The number of aliphatic hydroxyl groups is 4. The van der Waals surface area contributed by atoms with E-state index in [-0.39, 0.29) is 0 Å². The van der Waals surface area contributed by atoms with Gasteiger partial charge in [-0.15, -0.1) is 35.9 Å². The second kappa shape index (κ2) is 26.5. The number of benzene rings is 2. The lowest BCUT2D eigenvalue weighted by Crippen LogP contribution is -2.25. The van der Waals surface area contributed by atoms with E-state index in [4.69, 9.17) is 25.7 Å². The normalized spacial score (nSPS) is 13.1. The fourth-order valence-corrected chi connectivity index (χ4v) is 7.29. The molecular weight excluding hydrogens is 705 g/mol. The summed E-state index contributed by atoms with van der Waals surface area (Å²) in [6, 6.07) is 17.0. The maximum Gasteiger partial charge on any atom is 0.148 e. The van der Waals surface area contributed by atoms with Crippen LogP contribution in [0.2, 0.25) is 0 Å². The van der Waals surface area contributed by atoms with E-state index in [0.717, 1.165) is 136 Å². The predicted octanol–water partition coefficient (Wildman–Crippen LogP) is 7.70. The molecule has 0 amide bonds. The van der Waals surface area contributed by atoms with Crippen LogP contribution in [0.1, 0.15) is 103 Å². The van der Waals surface area contributed by atoms with Gasteiger partial charge in [0.1, 0.15) is 34.4 Å². The highest BCUT2D eigenvalue weighted by atomic mass is 32.1. The van der Waals surface area contributed by atoms with Crippen molar-refractivity contribution in [2.24, 2.45) is 0 Å². The van der Waals surface area contributed by atoms with Gasteiger partial charge < -0.3 is 30.2 Å². The van der Waals surface area contributed by atoms with Gasteiger partial charge in [0.15, 0.2) is 0 Å². The zero-order chi connectivity index (χ0) is 39.7. The number of hydrogen-bond donors (Lipinski definition) is 4. The molecule has 8 nitrogen and oxygen atoms in total. The van der Waals surface area contributed by atoms with Crippen LogP contribution in [-0.2, 0) is 0 Å². The molecule has 0 spiro atoms. The van der Waals surface area contributed by atoms with Crippen molar-refractivity contribution in [2.45, 2.75) is 127 Å². The molecule has 3 rings (SSSR count). The molecule has 9 heteroatoms. The van der Waals surface area contributed by atoms with Crippen molar-refractivity contribution in [1.29, 1.82) is 0 Å². The predicted molar refractivity (Wildman–Crippen MR) is 228 cm³/mol. The molecule has 0 bridgehead atoms. The lowest BCUT2D eigenvalue weighted by atomic mass is 10.1. The van der Waals surface area contributed by atoms with Crippen LogP contribution in [-0.4, -0.2) is 81.2 Å². The summed E-state index contributed by atoms with van der Waals surface area (Å²) in [6.45, 7) is 3.57. The molecule has 4 unspecified atom stereocenters. The van der Waals surface area contributed by atoms with Gasteiger partial charge in [0.2, 0.25) is 0 Å². The number of terminal acetylenes is 4. The third kappa shape index (κ3) is 17.4. The first-order valence-corrected chi connectivity index (χ1v) is 20.7. The Morgan fingerprint density at radius 2 is 0.855 bits per heavy atom. The molecule has 1 heterocycles. The average Bonchev–Trinajstić information content (AvgIpc) is 3.72. The highest BCUT2D eigenvalue weighted by molar-refractivity contribution is 7.17. The Labute approximate surface area is 334 Å². The minimum absolute atomic E-state index is 0.616. The van der Waals surface area contributed by atoms with Gasteiger partial charge in [0, 0.05) is 48.7 Å². The monoisotopic (exact) mass is 764 g/mol. The number of anilines is 2. The molecule has 2 aromatic carbocycles. The number of unbranched alkanes of at least 4 members (excludes halogenated alkanes) is 8. The zero-order valence-electron chi connectivity index (χ0n) is 32.4. The van der Waals surface area contributed by atoms with Gasteiger partial charge in [-0.3, -0.25) is 0 Å². The summed E-state index contributed by atoms with van der Waals surface area (Å²) >= 11 is 1.58. The Bertz CT molecular complexity index is 1620. The maximum atomic E-state index is 9.73. The van der Waals surface area contributed by atoms with Crippen molar-refractivity contribution in [3.63, 3.8) is 0 Å². The second-order valence-corrected chi connectivity index (χ2v) is 15.1. The molecule has 1 aromatic heterocycles. The Morgan fingerprint density at radius 1 is 0.473 bits per heavy atom. The fraction of sp³-hybridized carbons (Fsp3) is 0.522. The molecule has 3 aromatic rings. The topological polar surface area (TPSA) is 113 Å². The highest BCUT2D eigenvalue weighted by Crippen LogP contribution is 2.33. The van der Waals surface area contributed by atoms with Crippen LogP contribution in [0.5, 0.6) is 0 Å². The second-order valence-electron chi connectivity index (χ2n) is 14.1. The molecular formula is C46H60N4O4S. The van der Waals surface area contributed by atoms with Gasteiger partial charge in [-0.25, -0.2) is 0 Å². The van der Waals surface area contributed by atoms with E-state index >= 15 is 0 Å². The van der Waals surface area contributed by atoms with E-state index in [1.165, 1.54) is 0 Å². The van der Waals surface area contributed by atoms with E-state index in [2.05, 4.69) is 92.2 Å². The van der Waals surface area contributed by atoms with Crippen LogP contribution in [0.4, 0.5) is 11.4 Å². The smallest absolute Gasteiger partial charge is 0.148 e. The Balaban J connectivity index is 1.68. The van der Waals surface area contributed by atoms with Crippen molar-refractivity contribution in [3.05, 3.63) is 48.5 Å². The summed E-state index contributed by atoms with van der Waals surface area (Å²) in [5, 5.41) is 49.8. The molecule has 294 valence electrons. The van der Waals surface area contributed by atoms with Crippen molar-refractivity contribution in [2.75, 3.05) is 36.0 Å². The summed E-state index contributed by atoms with van der Waals surface area (Å²) in [6.07, 6.45) is 32.5. The largest absolute Gasteiger partial charge is 0.380 e. The third-order valence-corrected chi connectivity index (χ3v) is 10.8. The fourth-order valence-electron chi connectivity index (χ4n) is 6.45. The molecule has 0 saturated heterocycles. The quantitative estimate of drug-likeness (QED) is 0.0440. The molecule has 0 aliphatic heterocycles. The molecule has 4 N–H and O–H groups in total. The lowest BCUT2D eigenvalue weighted by Gasteiger charge is -2.25. The first-order valence-electron chi connectivity index (χ1n) is 19.9. The summed E-state index contributed by atoms with van der Waals surface area (Å²) in [4.78, 5) is 4.82. The van der Waals surface area contributed by atoms with Crippen LogP contribution in [0.3, 0.4) is 0 Å². The van der Waals surface area contributed by atoms with E-state index in [1.807, 2.05) is 0 Å². The van der Waals surface area contributed by atoms with Crippen LogP contribution in [0.15, 0.2) is 48.5 Å². The molecule has 0 saturated carbocycles. The van der Waals surface area contributed by atoms with E-state index < -0.39 is 24.4 Å². The Kier molecular flexibility index (Phi) is 21.7. The first kappa shape index (κ1) is 45.1. The molecule has 4 atom stereocenters. The van der Waals surface area contributed by atoms with Crippen LogP contribution >= 0.6 is 11.3 Å². The number of hydrogen-bond acceptors (Lipinski definition) is 9.